The van der Waals surface area contributed by atoms with Crippen LogP contribution in [0.15, 0.2) is 18.3 Å². The van der Waals surface area contributed by atoms with E-state index >= 15 is 0 Å². The lowest BCUT2D eigenvalue weighted by Crippen LogP contribution is -2.27. The molecular formula is C11H16N4O. The standard InChI is InChI=1S/C11H16N4O/c12-9-2-1-6-13-11(9)14-7-5-10(16)15-8-3-4-8/h1-2,6,8H,3-5,7,12H2,(H,13,14)(H,15,16). The van der Waals surface area contributed by atoms with E-state index in [1.807, 2.05) is 0 Å². The number of carbonyl (C=O) groups is 1. The minimum absolute atomic E-state index is 0.0875. The van der Waals surface area contributed by atoms with Gasteiger partial charge in [0.25, 0.3) is 0 Å². The summed E-state index contributed by atoms with van der Waals surface area (Å²) in [6.45, 7) is 0.555. The molecule has 2 rings (SSSR count). The third-order valence-electron chi connectivity index (χ3n) is 2.43. The van der Waals surface area contributed by atoms with Gasteiger partial charge in [0.05, 0.1) is 5.69 Å². The van der Waals surface area contributed by atoms with E-state index in [2.05, 4.69) is 15.6 Å². The number of nitrogens with two attached hydrogens (primary N) is 1. The summed E-state index contributed by atoms with van der Waals surface area (Å²) < 4.78 is 0. The number of pyridine rings is 1. The lowest BCUT2D eigenvalue weighted by Gasteiger charge is -2.07. The fourth-order valence-corrected chi connectivity index (χ4v) is 1.39. The van der Waals surface area contributed by atoms with E-state index in [4.69, 9.17) is 5.73 Å². The maximum absolute atomic E-state index is 11.4. The molecule has 1 aromatic rings. The van der Waals surface area contributed by atoms with Crippen molar-refractivity contribution in [2.24, 2.45) is 0 Å². The van der Waals surface area contributed by atoms with Crippen LogP contribution in [0.2, 0.25) is 0 Å². The molecule has 86 valence electrons. The zero-order chi connectivity index (χ0) is 11.4. The van der Waals surface area contributed by atoms with Crippen LogP contribution < -0.4 is 16.4 Å². The number of amides is 1. The molecule has 1 aliphatic carbocycles. The van der Waals surface area contributed by atoms with Crippen molar-refractivity contribution < 1.29 is 4.79 Å². The first-order valence-electron chi connectivity index (χ1n) is 5.49. The van der Waals surface area contributed by atoms with Crippen LogP contribution in [0.25, 0.3) is 0 Å². The fourth-order valence-electron chi connectivity index (χ4n) is 1.39. The maximum atomic E-state index is 11.4. The van der Waals surface area contributed by atoms with Crippen molar-refractivity contribution >= 4 is 17.4 Å². The quantitative estimate of drug-likeness (QED) is 0.684. The van der Waals surface area contributed by atoms with Crippen molar-refractivity contribution in [1.29, 1.82) is 0 Å². The van der Waals surface area contributed by atoms with Gasteiger partial charge in [-0.25, -0.2) is 4.98 Å². The predicted octanol–water partition coefficient (Wildman–Crippen LogP) is 0.744. The number of carbonyl (C=O) groups excluding carboxylic acids is 1. The molecule has 5 heteroatoms. The van der Waals surface area contributed by atoms with Crippen LogP contribution in [0.3, 0.4) is 0 Å². The van der Waals surface area contributed by atoms with Crippen molar-refractivity contribution in [1.82, 2.24) is 10.3 Å². The summed E-state index contributed by atoms with van der Waals surface area (Å²) in [4.78, 5) is 15.4. The molecule has 0 atom stereocenters. The molecule has 0 unspecified atom stereocenters. The van der Waals surface area contributed by atoms with Gasteiger partial charge >= 0.3 is 0 Å². The van der Waals surface area contributed by atoms with Gasteiger partial charge in [-0.1, -0.05) is 0 Å². The van der Waals surface area contributed by atoms with E-state index in [-0.39, 0.29) is 5.91 Å². The van der Waals surface area contributed by atoms with Crippen LogP contribution in [0, 0.1) is 0 Å². The molecule has 0 aromatic carbocycles. The molecule has 16 heavy (non-hydrogen) atoms. The van der Waals surface area contributed by atoms with Crippen LogP contribution in [0.4, 0.5) is 11.5 Å². The summed E-state index contributed by atoms with van der Waals surface area (Å²) in [5, 5.41) is 5.96. The number of anilines is 2. The zero-order valence-corrected chi connectivity index (χ0v) is 9.07. The minimum Gasteiger partial charge on any atom is -0.396 e. The molecule has 5 nitrogen and oxygen atoms in total. The summed E-state index contributed by atoms with van der Waals surface area (Å²) in [5.74, 6) is 0.728. The number of nitrogens with one attached hydrogen (secondary N) is 2. The summed E-state index contributed by atoms with van der Waals surface area (Å²) >= 11 is 0. The third kappa shape index (κ3) is 3.12. The molecule has 1 amide bonds. The Labute approximate surface area is 94.4 Å². The number of hydrogen-bond donors (Lipinski definition) is 3. The summed E-state index contributed by atoms with van der Waals surface area (Å²) in [6.07, 6.45) is 4.36. The molecule has 1 fully saturated rings. The van der Waals surface area contributed by atoms with Gasteiger partial charge in [-0.2, -0.15) is 0 Å². The van der Waals surface area contributed by atoms with Gasteiger partial charge in [0.2, 0.25) is 5.91 Å². The second kappa shape index (κ2) is 4.83. The highest BCUT2D eigenvalue weighted by Crippen LogP contribution is 2.18. The summed E-state index contributed by atoms with van der Waals surface area (Å²) in [5.41, 5.74) is 6.30. The van der Waals surface area contributed by atoms with Crippen molar-refractivity contribution in [2.75, 3.05) is 17.6 Å². The van der Waals surface area contributed by atoms with Crippen LogP contribution in [-0.2, 0) is 4.79 Å². The molecule has 0 saturated heterocycles. The van der Waals surface area contributed by atoms with Gasteiger partial charge in [0.1, 0.15) is 5.82 Å². The van der Waals surface area contributed by atoms with E-state index in [0.29, 0.717) is 30.5 Å². The molecule has 0 aliphatic heterocycles. The average molecular weight is 220 g/mol. The Kier molecular flexibility index (Phi) is 3.24. The fraction of sp³-hybridized carbons (Fsp3) is 0.455. The molecule has 4 N–H and O–H groups in total. The van der Waals surface area contributed by atoms with Gasteiger partial charge < -0.3 is 16.4 Å². The molecule has 0 bridgehead atoms. The molecule has 0 spiro atoms. The van der Waals surface area contributed by atoms with E-state index in [0.717, 1.165) is 12.8 Å². The van der Waals surface area contributed by atoms with Gasteiger partial charge in [-0.15, -0.1) is 0 Å². The smallest absolute Gasteiger partial charge is 0.221 e. The zero-order valence-electron chi connectivity index (χ0n) is 9.07. The Bertz CT molecular complexity index is 376. The number of nitrogen functional groups attached to an aromatic ring is 1. The lowest BCUT2D eigenvalue weighted by atomic mass is 10.3. The highest BCUT2D eigenvalue weighted by Gasteiger charge is 2.22. The van der Waals surface area contributed by atoms with Crippen LogP contribution in [-0.4, -0.2) is 23.5 Å². The van der Waals surface area contributed by atoms with Crippen LogP contribution >= 0.6 is 0 Å². The van der Waals surface area contributed by atoms with Gasteiger partial charge in [0, 0.05) is 25.2 Å². The molecule has 1 saturated carbocycles. The second-order valence-electron chi connectivity index (χ2n) is 3.96. The average Bonchev–Trinajstić information content (AvgIpc) is 3.05. The van der Waals surface area contributed by atoms with Crippen molar-refractivity contribution in [3.8, 4) is 0 Å². The Morgan fingerprint density at radius 1 is 1.56 bits per heavy atom. The third-order valence-corrected chi connectivity index (χ3v) is 2.43. The second-order valence-corrected chi connectivity index (χ2v) is 3.96. The van der Waals surface area contributed by atoms with E-state index in [9.17, 15) is 4.79 Å². The lowest BCUT2D eigenvalue weighted by molar-refractivity contribution is -0.120. The Morgan fingerprint density at radius 2 is 2.38 bits per heavy atom. The molecule has 1 heterocycles. The SMILES string of the molecule is Nc1cccnc1NCCC(=O)NC1CC1. The Balaban J connectivity index is 1.70. The molecular weight excluding hydrogens is 204 g/mol. The van der Waals surface area contributed by atoms with Crippen molar-refractivity contribution in [2.45, 2.75) is 25.3 Å². The van der Waals surface area contributed by atoms with Crippen LogP contribution in [0.1, 0.15) is 19.3 Å². The highest BCUT2D eigenvalue weighted by atomic mass is 16.1. The summed E-state index contributed by atoms with van der Waals surface area (Å²) in [7, 11) is 0. The highest BCUT2D eigenvalue weighted by molar-refractivity contribution is 5.77. The number of aromatic nitrogens is 1. The largest absolute Gasteiger partial charge is 0.396 e. The number of nitrogens with zero attached hydrogens (tertiary/aromatic N) is 1. The maximum Gasteiger partial charge on any atom is 0.221 e. The molecule has 1 aliphatic rings. The first-order chi connectivity index (χ1) is 7.75. The molecule has 1 aromatic heterocycles. The van der Waals surface area contributed by atoms with Gasteiger partial charge in [0.15, 0.2) is 0 Å². The first-order valence-corrected chi connectivity index (χ1v) is 5.49. The minimum atomic E-state index is 0.0875. The van der Waals surface area contributed by atoms with Crippen molar-refractivity contribution in [3.05, 3.63) is 18.3 Å². The van der Waals surface area contributed by atoms with Gasteiger partial charge in [-0.3, -0.25) is 4.79 Å². The summed E-state index contributed by atoms with van der Waals surface area (Å²) in [6, 6.07) is 3.98. The van der Waals surface area contributed by atoms with E-state index in [1.165, 1.54) is 0 Å². The number of hydrogen-bond acceptors (Lipinski definition) is 4. The topological polar surface area (TPSA) is 80.0 Å². The molecule has 0 radical (unpaired) electrons. The predicted molar refractivity (Wildman–Crippen MR) is 62.9 cm³/mol. The van der Waals surface area contributed by atoms with E-state index in [1.54, 1.807) is 18.3 Å². The van der Waals surface area contributed by atoms with Crippen molar-refractivity contribution in [3.63, 3.8) is 0 Å². The monoisotopic (exact) mass is 220 g/mol. The van der Waals surface area contributed by atoms with Gasteiger partial charge in [-0.05, 0) is 25.0 Å². The Morgan fingerprint density at radius 3 is 3.06 bits per heavy atom. The first kappa shape index (κ1) is 10.7. The number of rotatable bonds is 5. The Hall–Kier alpha value is -1.78. The van der Waals surface area contributed by atoms with E-state index < -0.39 is 0 Å². The normalized spacial score (nSPS) is 14.5. The van der Waals surface area contributed by atoms with Crippen LogP contribution in [0.5, 0.6) is 0 Å².